The summed E-state index contributed by atoms with van der Waals surface area (Å²) in [4.78, 5) is 13.7. The van der Waals surface area contributed by atoms with Crippen molar-refractivity contribution >= 4 is 11.8 Å². The van der Waals surface area contributed by atoms with E-state index in [9.17, 15) is 0 Å². The molecule has 1 aromatic heterocycles. The van der Waals surface area contributed by atoms with E-state index in [0.717, 1.165) is 37.6 Å². The molecule has 1 saturated heterocycles. The van der Waals surface area contributed by atoms with Crippen LogP contribution in [0.25, 0.3) is 0 Å². The number of anilines is 2. The first-order valence-electron chi connectivity index (χ1n) is 6.73. The summed E-state index contributed by atoms with van der Waals surface area (Å²) in [6.45, 7) is 9.89. The van der Waals surface area contributed by atoms with Gasteiger partial charge in [-0.25, -0.2) is 4.98 Å². The number of piperazine rings is 1. The van der Waals surface area contributed by atoms with Gasteiger partial charge in [-0.2, -0.15) is 4.98 Å². The molecular weight excluding hydrogens is 226 g/mol. The summed E-state index contributed by atoms with van der Waals surface area (Å²) in [5.41, 5.74) is 1.15. The third kappa shape index (κ3) is 2.90. The lowest BCUT2D eigenvalue weighted by Crippen LogP contribution is -2.47. The molecule has 1 aliphatic heterocycles. The molecule has 1 N–H and O–H groups in total. The van der Waals surface area contributed by atoms with Gasteiger partial charge < -0.3 is 10.2 Å². The molecule has 0 saturated carbocycles. The van der Waals surface area contributed by atoms with Crippen molar-refractivity contribution < 1.29 is 0 Å². The summed E-state index contributed by atoms with van der Waals surface area (Å²) < 4.78 is 0. The van der Waals surface area contributed by atoms with Crippen LogP contribution in [-0.4, -0.2) is 54.6 Å². The van der Waals surface area contributed by atoms with E-state index in [2.05, 4.69) is 38.9 Å². The first-order valence-corrected chi connectivity index (χ1v) is 6.73. The fourth-order valence-electron chi connectivity index (χ4n) is 2.37. The molecule has 5 nitrogen and oxygen atoms in total. The first kappa shape index (κ1) is 13.1. The zero-order valence-corrected chi connectivity index (χ0v) is 11.6. The molecule has 1 aromatic rings. The molecule has 0 aliphatic carbocycles. The summed E-state index contributed by atoms with van der Waals surface area (Å²) in [6.07, 6.45) is 3.13. The Labute approximate surface area is 109 Å². The SMILES string of the molecule is CCCN1CCN(c2nc(NC)ncc2C)CC1. The summed E-state index contributed by atoms with van der Waals surface area (Å²) in [5.74, 6) is 1.78. The number of aryl methyl sites for hydroxylation is 1. The van der Waals surface area contributed by atoms with Gasteiger partial charge in [-0.1, -0.05) is 6.92 Å². The predicted octanol–water partition coefficient (Wildman–Crippen LogP) is 1.36. The second kappa shape index (κ2) is 6.00. The lowest BCUT2D eigenvalue weighted by atomic mass is 10.2. The highest BCUT2D eigenvalue weighted by Gasteiger charge is 2.19. The summed E-state index contributed by atoms with van der Waals surface area (Å²) in [7, 11) is 1.85. The van der Waals surface area contributed by atoms with Crippen LogP contribution in [0.1, 0.15) is 18.9 Å². The summed E-state index contributed by atoms with van der Waals surface area (Å²) >= 11 is 0. The highest BCUT2D eigenvalue weighted by Crippen LogP contribution is 2.19. The molecule has 5 heteroatoms. The fourth-order valence-corrected chi connectivity index (χ4v) is 2.37. The van der Waals surface area contributed by atoms with Gasteiger partial charge in [-0.05, 0) is 19.9 Å². The van der Waals surface area contributed by atoms with E-state index < -0.39 is 0 Å². The van der Waals surface area contributed by atoms with Gasteiger partial charge in [0.15, 0.2) is 0 Å². The van der Waals surface area contributed by atoms with Gasteiger partial charge in [0.25, 0.3) is 0 Å². The van der Waals surface area contributed by atoms with Crippen molar-refractivity contribution in [3.05, 3.63) is 11.8 Å². The maximum atomic E-state index is 4.57. The summed E-state index contributed by atoms with van der Waals surface area (Å²) in [5, 5.41) is 3.00. The van der Waals surface area contributed by atoms with Crippen LogP contribution in [0.4, 0.5) is 11.8 Å². The Morgan fingerprint density at radius 2 is 2.00 bits per heavy atom. The van der Waals surface area contributed by atoms with Gasteiger partial charge in [0.1, 0.15) is 5.82 Å². The number of hydrogen-bond acceptors (Lipinski definition) is 5. The maximum absolute atomic E-state index is 4.57. The van der Waals surface area contributed by atoms with E-state index in [0.29, 0.717) is 5.95 Å². The Hall–Kier alpha value is -1.36. The number of rotatable bonds is 4. The van der Waals surface area contributed by atoms with Gasteiger partial charge in [0.2, 0.25) is 5.95 Å². The zero-order valence-electron chi connectivity index (χ0n) is 11.6. The maximum Gasteiger partial charge on any atom is 0.224 e. The normalized spacial score (nSPS) is 16.9. The Morgan fingerprint density at radius 1 is 1.28 bits per heavy atom. The molecule has 1 fully saturated rings. The molecule has 0 aromatic carbocycles. The molecule has 0 unspecified atom stereocenters. The van der Waals surface area contributed by atoms with Crippen molar-refractivity contribution in [2.75, 3.05) is 50.0 Å². The van der Waals surface area contributed by atoms with Crippen LogP contribution < -0.4 is 10.2 Å². The standard InChI is InChI=1S/C13H23N5/c1-4-5-17-6-8-18(9-7-17)12-11(2)10-15-13(14-3)16-12/h10H,4-9H2,1-3H3,(H,14,15,16). The van der Waals surface area contributed by atoms with Crippen LogP contribution in [0.5, 0.6) is 0 Å². The first-order chi connectivity index (χ1) is 8.74. The molecule has 0 bridgehead atoms. The fraction of sp³-hybridized carbons (Fsp3) is 0.692. The average Bonchev–Trinajstić information content (AvgIpc) is 2.41. The average molecular weight is 249 g/mol. The lowest BCUT2D eigenvalue weighted by molar-refractivity contribution is 0.258. The van der Waals surface area contributed by atoms with Gasteiger partial charge >= 0.3 is 0 Å². The highest BCUT2D eigenvalue weighted by atomic mass is 15.3. The molecule has 100 valence electrons. The third-order valence-electron chi connectivity index (χ3n) is 3.38. The van der Waals surface area contributed by atoms with Crippen molar-refractivity contribution in [3.63, 3.8) is 0 Å². The van der Waals surface area contributed by atoms with Crippen LogP contribution in [0.2, 0.25) is 0 Å². The van der Waals surface area contributed by atoms with Crippen molar-refractivity contribution in [2.24, 2.45) is 0 Å². The molecule has 0 amide bonds. The molecule has 0 radical (unpaired) electrons. The number of nitrogens with zero attached hydrogens (tertiary/aromatic N) is 4. The molecule has 0 atom stereocenters. The second-order valence-electron chi connectivity index (χ2n) is 4.78. The van der Waals surface area contributed by atoms with Crippen LogP contribution >= 0.6 is 0 Å². The molecule has 2 heterocycles. The number of aromatic nitrogens is 2. The highest BCUT2D eigenvalue weighted by molar-refractivity contribution is 5.49. The van der Waals surface area contributed by atoms with Crippen LogP contribution in [-0.2, 0) is 0 Å². The van der Waals surface area contributed by atoms with E-state index in [1.807, 2.05) is 13.2 Å². The Kier molecular flexibility index (Phi) is 4.36. The Bertz CT molecular complexity index is 385. The molecular formula is C13H23N5. The van der Waals surface area contributed by atoms with Crippen molar-refractivity contribution in [2.45, 2.75) is 20.3 Å². The minimum Gasteiger partial charge on any atom is -0.357 e. The van der Waals surface area contributed by atoms with Crippen molar-refractivity contribution in [1.82, 2.24) is 14.9 Å². The van der Waals surface area contributed by atoms with Gasteiger partial charge in [0.05, 0.1) is 0 Å². The predicted molar refractivity (Wildman–Crippen MR) is 75.3 cm³/mol. The van der Waals surface area contributed by atoms with E-state index in [4.69, 9.17) is 0 Å². The van der Waals surface area contributed by atoms with Gasteiger partial charge in [-0.3, -0.25) is 4.90 Å². The molecule has 18 heavy (non-hydrogen) atoms. The minimum absolute atomic E-state index is 0.701. The van der Waals surface area contributed by atoms with Crippen LogP contribution in [0, 0.1) is 6.92 Å². The largest absolute Gasteiger partial charge is 0.357 e. The van der Waals surface area contributed by atoms with Crippen LogP contribution in [0.3, 0.4) is 0 Å². The molecule has 1 aliphatic rings. The van der Waals surface area contributed by atoms with Crippen molar-refractivity contribution in [3.8, 4) is 0 Å². The number of nitrogens with one attached hydrogen (secondary N) is 1. The van der Waals surface area contributed by atoms with Gasteiger partial charge in [0, 0.05) is 45.0 Å². The van der Waals surface area contributed by atoms with Gasteiger partial charge in [-0.15, -0.1) is 0 Å². The second-order valence-corrected chi connectivity index (χ2v) is 4.78. The third-order valence-corrected chi connectivity index (χ3v) is 3.38. The summed E-state index contributed by atoms with van der Waals surface area (Å²) in [6, 6.07) is 0. The topological polar surface area (TPSA) is 44.3 Å². The van der Waals surface area contributed by atoms with E-state index in [1.165, 1.54) is 13.0 Å². The van der Waals surface area contributed by atoms with Crippen molar-refractivity contribution in [1.29, 1.82) is 0 Å². The molecule has 0 spiro atoms. The monoisotopic (exact) mass is 249 g/mol. The Balaban J connectivity index is 2.04. The van der Waals surface area contributed by atoms with Crippen LogP contribution in [0.15, 0.2) is 6.20 Å². The van der Waals surface area contributed by atoms with E-state index >= 15 is 0 Å². The minimum atomic E-state index is 0.701. The quantitative estimate of drug-likeness (QED) is 0.873. The Morgan fingerprint density at radius 3 is 2.61 bits per heavy atom. The van der Waals surface area contributed by atoms with E-state index in [1.54, 1.807) is 0 Å². The molecule has 2 rings (SSSR count). The number of hydrogen-bond donors (Lipinski definition) is 1. The smallest absolute Gasteiger partial charge is 0.224 e. The lowest BCUT2D eigenvalue weighted by Gasteiger charge is -2.35. The van der Waals surface area contributed by atoms with E-state index in [-0.39, 0.29) is 0 Å². The zero-order chi connectivity index (χ0) is 13.0.